The Labute approximate surface area is 231 Å². The van der Waals surface area contributed by atoms with E-state index in [0.717, 1.165) is 49.9 Å². The monoisotopic (exact) mass is 509 g/mol. The van der Waals surface area contributed by atoms with Crippen LogP contribution in [0.15, 0.2) is 140 Å². The molecule has 186 valence electrons. The Hall–Kier alpha value is -5.41. The van der Waals surface area contributed by atoms with Crippen molar-refractivity contribution in [1.29, 1.82) is 0 Å². The second-order valence-corrected chi connectivity index (χ2v) is 10.1. The SMILES string of the molecule is c1ccc2c(c1)ccc1cccc(-c3ccc4cc(-c5ccc6nc(-c7ccncc7)ccc6c5)ccc4n3)c12. The molecule has 3 aromatic heterocycles. The molecule has 0 saturated heterocycles. The second kappa shape index (κ2) is 9.11. The average molecular weight is 510 g/mol. The molecular formula is C37H23N3. The van der Waals surface area contributed by atoms with Crippen LogP contribution >= 0.6 is 0 Å². The van der Waals surface area contributed by atoms with Crippen molar-refractivity contribution in [2.45, 2.75) is 0 Å². The first-order chi connectivity index (χ1) is 19.8. The Kier molecular flexibility index (Phi) is 5.14. The zero-order valence-electron chi connectivity index (χ0n) is 21.6. The van der Waals surface area contributed by atoms with Crippen LogP contribution in [-0.4, -0.2) is 15.0 Å². The van der Waals surface area contributed by atoms with Crippen LogP contribution in [0.2, 0.25) is 0 Å². The van der Waals surface area contributed by atoms with Gasteiger partial charge < -0.3 is 0 Å². The van der Waals surface area contributed by atoms with Crippen molar-refractivity contribution >= 4 is 43.4 Å². The molecule has 0 radical (unpaired) electrons. The van der Waals surface area contributed by atoms with Gasteiger partial charge in [0.2, 0.25) is 0 Å². The number of pyridine rings is 3. The lowest BCUT2D eigenvalue weighted by atomic mass is 9.95. The van der Waals surface area contributed by atoms with E-state index in [0.29, 0.717) is 0 Å². The fraction of sp³-hybridized carbons (Fsp3) is 0. The Morgan fingerprint density at radius 2 is 1.02 bits per heavy atom. The second-order valence-electron chi connectivity index (χ2n) is 10.1. The fourth-order valence-electron chi connectivity index (χ4n) is 5.72. The quantitative estimate of drug-likeness (QED) is 0.223. The molecule has 0 saturated carbocycles. The van der Waals surface area contributed by atoms with Gasteiger partial charge >= 0.3 is 0 Å². The van der Waals surface area contributed by atoms with Crippen LogP contribution in [0.5, 0.6) is 0 Å². The minimum absolute atomic E-state index is 0.953. The highest BCUT2D eigenvalue weighted by molar-refractivity contribution is 6.14. The first kappa shape index (κ1) is 22.6. The predicted octanol–water partition coefficient (Wildman–Crippen LogP) is 9.49. The molecule has 5 aromatic carbocycles. The Morgan fingerprint density at radius 3 is 1.80 bits per heavy atom. The first-order valence-electron chi connectivity index (χ1n) is 13.4. The topological polar surface area (TPSA) is 38.7 Å². The van der Waals surface area contributed by atoms with E-state index in [-0.39, 0.29) is 0 Å². The summed E-state index contributed by atoms with van der Waals surface area (Å²) in [6.45, 7) is 0. The van der Waals surface area contributed by atoms with Gasteiger partial charge in [-0.05, 0) is 81.2 Å². The normalized spacial score (nSPS) is 11.5. The maximum Gasteiger partial charge on any atom is 0.0716 e. The van der Waals surface area contributed by atoms with Gasteiger partial charge in [0.05, 0.1) is 22.4 Å². The number of fused-ring (bicyclic) bond motifs is 5. The minimum atomic E-state index is 0.953. The third kappa shape index (κ3) is 3.79. The van der Waals surface area contributed by atoms with Gasteiger partial charge in [0.25, 0.3) is 0 Å². The lowest BCUT2D eigenvalue weighted by Crippen LogP contribution is -1.89. The zero-order chi connectivity index (χ0) is 26.5. The van der Waals surface area contributed by atoms with Crippen molar-refractivity contribution in [3.8, 4) is 33.6 Å². The molecule has 3 nitrogen and oxygen atoms in total. The third-order valence-electron chi connectivity index (χ3n) is 7.73. The summed E-state index contributed by atoms with van der Waals surface area (Å²) in [5.41, 5.74) is 8.47. The van der Waals surface area contributed by atoms with Crippen LogP contribution in [0.4, 0.5) is 0 Å². The highest BCUT2D eigenvalue weighted by Crippen LogP contribution is 2.35. The Bertz CT molecular complexity index is 2220. The number of nitrogens with zero attached hydrogens (tertiary/aromatic N) is 3. The molecule has 0 bridgehead atoms. The van der Waals surface area contributed by atoms with E-state index >= 15 is 0 Å². The molecule has 0 aliphatic carbocycles. The van der Waals surface area contributed by atoms with Crippen molar-refractivity contribution in [3.05, 3.63) is 140 Å². The van der Waals surface area contributed by atoms with Crippen molar-refractivity contribution in [2.24, 2.45) is 0 Å². The highest BCUT2D eigenvalue weighted by atomic mass is 14.7. The summed E-state index contributed by atoms with van der Waals surface area (Å²) in [4.78, 5) is 14.1. The van der Waals surface area contributed by atoms with Gasteiger partial charge in [-0.3, -0.25) is 4.98 Å². The summed E-state index contributed by atoms with van der Waals surface area (Å²) in [6.07, 6.45) is 3.59. The van der Waals surface area contributed by atoms with Crippen LogP contribution in [-0.2, 0) is 0 Å². The number of aromatic nitrogens is 3. The maximum absolute atomic E-state index is 5.11. The Balaban J connectivity index is 1.18. The van der Waals surface area contributed by atoms with E-state index in [1.54, 1.807) is 12.4 Å². The molecule has 0 aliphatic rings. The van der Waals surface area contributed by atoms with Crippen LogP contribution < -0.4 is 0 Å². The van der Waals surface area contributed by atoms with Crippen molar-refractivity contribution in [2.75, 3.05) is 0 Å². The molecule has 0 unspecified atom stereocenters. The third-order valence-corrected chi connectivity index (χ3v) is 7.73. The predicted molar refractivity (Wildman–Crippen MR) is 166 cm³/mol. The molecule has 8 aromatic rings. The molecule has 0 atom stereocenters. The van der Waals surface area contributed by atoms with Gasteiger partial charge in [0.15, 0.2) is 0 Å². The van der Waals surface area contributed by atoms with E-state index in [2.05, 4.69) is 120 Å². The van der Waals surface area contributed by atoms with E-state index in [1.807, 2.05) is 12.1 Å². The molecule has 8 rings (SSSR count). The Morgan fingerprint density at radius 1 is 0.400 bits per heavy atom. The molecule has 0 amide bonds. The molecular weight excluding hydrogens is 486 g/mol. The summed E-state index contributed by atoms with van der Waals surface area (Å²) in [5, 5.41) is 7.22. The molecule has 0 fully saturated rings. The lowest BCUT2D eigenvalue weighted by molar-refractivity contribution is 1.31. The molecule has 3 heterocycles. The summed E-state index contributed by atoms with van der Waals surface area (Å²) < 4.78 is 0. The van der Waals surface area contributed by atoms with Crippen LogP contribution in [0, 0.1) is 0 Å². The molecule has 0 aliphatic heterocycles. The number of benzene rings is 5. The number of hydrogen-bond donors (Lipinski definition) is 0. The fourth-order valence-corrected chi connectivity index (χ4v) is 5.72. The van der Waals surface area contributed by atoms with E-state index in [1.165, 1.54) is 27.1 Å². The minimum Gasteiger partial charge on any atom is -0.265 e. The summed E-state index contributed by atoms with van der Waals surface area (Å²) >= 11 is 0. The van der Waals surface area contributed by atoms with E-state index in [4.69, 9.17) is 9.97 Å². The smallest absolute Gasteiger partial charge is 0.0716 e. The van der Waals surface area contributed by atoms with Gasteiger partial charge in [-0.25, -0.2) is 9.97 Å². The van der Waals surface area contributed by atoms with E-state index in [9.17, 15) is 0 Å². The van der Waals surface area contributed by atoms with Gasteiger partial charge in [0.1, 0.15) is 0 Å². The number of hydrogen-bond acceptors (Lipinski definition) is 3. The van der Waals surface area contributed by atoms with Gasteiger partial charge in [-0.2, -0.15) is 0 Å². The molecule has 3 heteroatoms. The maximum atomic E-state index is 5.11. The van der Waals surface area contributed by atoms with Crippen LogP contribution in [0.1, 0.15) is 0 Å². The van der Waals surface area contributed by atoms with Crippen molar-refractivity contribution < 1.29 is 0 Å². The number of rotatable bonds is 3. The molecule has 0 N–H and O–H groups in total. The van der Waals surface area contributed by atoms with Crippen molar-refractivity contribution in [1.82, 2.24) is 15.0 Å². The largest absolute Gasteiger partial charge is 0.265 e. The molecule has 0 spiro atoms. The zero-order valence-corrected chi connectivity index (χ0v) is 21.6. The van der Waals surface area contributed by atoms with E-state index < -0.39 is 0 Å². The summed E-state index contributed by atoms with van der Waals surface area (Å²) in [6, 6.07) is 45.0. The first-order valence-corrected chi connectivity index (χ1v) is 13.4. The van der Waals surface area contributed by atoms with Crippen LogP contribution in [0.3, 0.4) is 0 Å². The van der Waals surface area contributed by atoms with Gasteiger partial charge in [-0.1, -0.05) is 78.9 Å². The standard InChI is InChI=1S/C37H23N3/c1-2-6-31-24(4-1)8-9-26-5-3-7-32(37(26)31)36-17-13-30-23-28(11-15-35(30)40-36)27-10-14-34-29(22-27)12-16-33(39-34)25-18-20-38-21-19-25/h1-23H. The van der Waals surface area contributed by atoms with Gasteiger partial charge in [-0.15, -0.1) is 0 Å². The molecule has 40 heavy (non-hydrogen) atoms. The van der Waals surface area contributed by atoms with Gasteiger partial charge in [0, 0.05) is 34.3 Å². The summed E-state index contributed by atoms with van der Waals surface area (Å²) in [5.74, 6) is 0. The highest BCUT2D eigenvalue weighted by Gasteiger charge is 2.11. The lowest BCUT2D eigenvalue weighted by Gasteiger charge is -2.11. The van der Waals surface area contributed by atoms with Crippen molar-refractivity contribution in [3.63, 3.8) is 0 Å². The van der Waals surface area contributed by atoms with Crippen LogP contribution in [0.25, 0.3) is 77.0 Å². The summed E-state index contributed by atoms with van der Waals surface area (Å²) in [7, 11) is 0. The average Bonchev–Trinajstić information content (AvgIpc) is 3.04.